The van der Waals surface area contributed by atoms with Crippen LogP contribution in [0, 0.1) is 5.82 Å². The molecule has 1 aliphatic rings. The van der Waals surface area contributed by atoms with Gasteiger partial charge in [-0.15, -0.1) is 0 Å². The molecule has 1 aromatic rings. The van der Waals surface area contributed by atoms with Crippen molar-refractivity contribution in [3.63, 3.8) is 0 Å². The summed E-state index contributed by atoms with van der Waals surface area (Å²) < 4.78 is 12.7. The van der Waals surface area contributed by atoms with Crippen molar-refractivity contribution in [2.24, 2.45) is 0 Å². The minimum Gasteiger partial charge on any atom is -0.299 e. The maximum atomic E-state index is 12.7. The van der Waals surface area contributed by atoms with E-state index in [0.29, 0.717) is 4.83 Å². The minimum atomic E-state index is -0.155. The summed E-state index contributed by atoms with van der Waals surface area (Å²) in [4.78, 5) is 3.10. The van der Waals surface area contributed by atoms with E-state index < -0.39 is 0 Å². The van der Waals surface area contributed by atoms with Crippen molar-refractivity contribution >= 4 is 15.9 Å². The van der Waals surface area contributed by atoms with E-state index in [4.69, 9.17) is 0 Å². The predicted molar refractivity (Wildman–Crippen MR) is 63.6 cm³/mol. The van der Waals surface area contributed by atoms with Crippen LogP contribution in [0.2, 0.25) is 0 Å². The molecule has 15 heavy (non-hydrogen) atoms. The maximum Gasteiger partial charge on any atom is 0.123 e. The highest BCUT2D eigenvalue weighted by molar-refractivity contribution is 9.09. The van der Waals surface area contributed by atoms with Crippen LogP contribution in [0.3, 0.4) is 0 Å². The van der Waals surface area contributed by atoms with Gasteiger partial charge >= 0.3 is 0 Å². The maximum absolute atomic E-state index is 12.7. The van der Waals surface area contributed by atoms with Crippen molar-refractivity contribution in [2.75, 3.05) is 13.1 Å². The Balaban J connectivity index is 1.89. The van der Waals surface area contributed by atoms with Gasteiger partial charge in [0.05, 0.1) is 0 Å². The average Bonchev–Trinajstić information content (AvgIpc) is 2.25. The van der Waals surface area contributed by atoms with Gasteiger partial charge in [-0.2, -0.15) is 0 Å². The number of piperidine rings is 1. The Kier molecular flexibility index (Phi) is 3.76. The first-order valence-corrected chi connectivity index (χ1v) is 6.26. The number of rotatable bonds is 2. The monoisotopic (exact) mass is 271 g/mol. The van der Waals surface area contributed by atoms with Gasteiger partial charge in [0.15, 0.2) is 0 Å². The first-order valence-electron chi connectivity index (χ1n) is 5.35. The molecule has 1 aliphatic heterocycles. The van der Waals surface area contributed by atoms with Gasteiger partial charge in [-0.3, -0.25) is 4.90 Å². The zero-order valence-electron chi connectivity index (χ0n) is 8.63. The van der Waals surface area contributed by atoms with Gasteiger partial charge in [0.2, 0.25) is 0 Å². The van der Waals surface area contributed by atoms with Gasteiger partial charge in [0.25, 0.3) is 0 Å². The summed E-state index contributed by atoms with van der Waals surface area (Å²) in [5, 5.41) is 0. The van der Waals surface area contributed by atoms with Crippen molar-refractivity contribution in [2.45, 2.75) is 24.2 Å². The van der Waals surface area contributed by atoms with Crippen molar-refractivity contribution in [1.82, 2.24) is 4.90 Å². The van der Waals surface area contributed by atoms with E-state index in [2.05, 4.69) is 20.8 Å². The zero-order valence-corrected chi connectivity index (χ0v) is 10.2. The normalized spacial score (nSPS) is 19.3. The second kappa shape index (κ2) is 5.08. The van der Waals surface area contributed by atoms with E-state index in [9.17, 15) is 4.39 Å². The molecule has 1 nitrogen and oxygen atoms in total. The molecule has 1 aromatic carbocycles. The molecule has 1 fully saturated rings. The SMILES string of the molecule is Fc1ccc(CN2CCC(Br)CC2)cc1. The second-order valence-electron chi connectivity index (χ2n) is 4.08. The van der Waals surface area contributed by atoms with E-state index >= 15 is 0 Å². The van der Waals surface area contributed by atoms with Gasteiger partial charge < -0.3 is 0 Å². The lowest BCUT2D eigenvalue weighted by Crippen LogP contribution is -2.33. The molecular weight excluding hydrogens is 257 g/mol. The van der Waals surface area contributed by atoms with E-state index in [1.165, 1.54) is 30.5 Å². The molecule has 0 amide bonds. The highest BCUT2D eigenvalue weighted by Crippen LogP contribution is 2.19. The summed E-state index contributed by atoms with van der Waals surface area (Å²) in [7, 11) is 0. The highest BCUT2D eigenvalue weighted by Gasteiger charge is 2.16. The van der Waals surface area contributed by atoms with E-state index in [1.54, 1.807) is 0 Å². The summed E-state index contributed by atoms with van der Waals surface area (Å²) in [6, 6.07) is 6.81. The number of hydrogen-bond donors (Lipinski definition) is 0. The minimum absolute atomic E-state index is 0.155. The van der Waals surface area contributed by atoms with Gasteiger partial charge in [-0.1, -0.05) is 28.1 Å². The van der Waals surface area contributed by atoms with Gasteiger partial charge in [-0.25, -0.2) is 4.39 Å². The van der Waals surface area contributed by atoms with Gasteiger partial charge in [-0.05, 0) is 43.6 Å². The van der Waals surface area contributed by atoms with Crippen molar-refractivity contribution in [3.8, 4) is 0 Å². The summed E-state index contributed by atoms with van der Waals surface area (Å²) >= 11 is 3.63. The molecule has 0 radical (unpaired) electrons. The number of halogens is 2. The largest absolute Gasteiger partial charge is 0.299 e. The van der Waals surface area contributed by atoms with Crippen LogP contribution in [-0.4, -0.2) is 22.8 Å². The van der Waals surface area contributed by atoms with Crippen molar-refractivity contribution in [3.05, 3.63) is 35.6 Å². The number of nitrogens with zero attached hydrogens (tertiary/aromatic N) is 1. The fourth-order valence-electron chi connectivity index (χ4n) is 1.91. The second-order valence-corrected chi connectivity index (χ2v) is 5.37. The summed E-state index contributed by atoms with van der Waals surface area (Å²) in [5.74, 6) is -0.155. The third kappa shape index (κ3) is 3.28. The summed E-state index contributed by atoms with van der Waals surface area (Å²) in [6.45, 7) is 3.21. The van der Waals surface area contributed by atoms with Crippen LogP contribution >= 0.6 is 15.9 Å². The molecular formula is C12H15BrFN. The average molecular weight is 272 g/mol. The molecule has 0 aromatic heterocycles. The molecule has 0 atom stereocenters. The Morgan fingerprint density at radius 3 is 2.40 bits per heavy atom. The Morgan fingerprint density at radius 2 is 1.80 bits per heavy atom. The van der Waals surface area contributed by atoms with Crippen molar-refractivity contribution in [1.29, 1.82) is 0 Å². The standard InChI is InChI=1S/C12H15BrFN/c13-11-5-7-15(8-6-11)9-10-1-3-12(14)4-2-10/h1-4,11H,5-9H2. The summed E-state index contributed by atoms with van der Waals surface area (Å²) in [6.07, 6.45) is 2.42. The third-order valence-corrected chi connectivity index (χ3v) is 3.75. The molecule has 3 heteroatoms. The highest BCUT2D eigenvalue weighted by atomic mass is 79.9. The molecule has 0 saturated carbocycles. The first kappa shape index (κ1) is 11.1. The molecule has 0 N–H and O–H groups in total. The van der Waals surface area contributed by atoms with Crippen LogP contribution in [0.1, 0.15) is 18.4 Å². The van der Waals surface area contributed by atoms with Crippen LogP contribution in [0.5, 0.6) is 0 Å². The number of benzene rings is 1. The predicted octanol–water partition coefficient (Wildman–Crippen LogP) is 3.19. The molecule has 2 rings (SSSR count). The molecule has 0 unspecified atom stereocenters. The van der Waals surface area contributed by atoms with Gasteiger partial charge in [0.1, 0.15) is 5.82 Å². The first-order chi connectivity index (χ1) is 7.24. The quantitative estimate of drug-likeness (QED) is 0.747. The fraction of sp³-hybridized carbons (Fsp3) is 0.500. The van der Waals surface area contributed by atoms with E-state index in [1.807, 2.05) is 12.1 Å². The Morgan fingerprint density at radius 1 is 1.20 bits per heavy atom. The Hall–Kier alpha value is -0.410. The number of alkyl halides is 1. The number of likely N-dealkylation sites (tertiary alicyclic amines) is 1. The third-order valence-electron chi connectivity index (χ3n) is 2.84. The Bertz CT molecular complexity index is 304. The van der Waals surface area contributed by atoms with Crippen LogP contribution in [-0.2, 0) is 6.54 Å². The van der Waals surface area contributed by atoms with Crippen LogP contribution in [0.25, 0.3) is 0 Å². The molecule has 0 aliphatic carbocycles. The topological polar surface area (TPSA) is 3.24 Å². The Labute approximate surface area is 98.4 Å². The van der Waals surface area contributed by atoms with E-state index in [-0.39, 0.29) is 5.82 Å². The fourth-order valence-corrected chi connectivity index (χ4v) is 2.32. The van der Waals surface area contributed by atoms with Crippen LogP contribution in [0.15, 0.2) is 24.3 Å². The zero-order chi connectivity index (χ0) is 10.7. The molecule has 82 valence electrons. The summed E-state index contributed by atoms with van der Waals surface area (Å²) in [5.41, 5.74) is 1.20. The molecule has 1 heterocycles. The lowest BCUT2D eigenvalue weighted by Gasteiger charge is -2.29. The molecule has 1 saturated heterocycles. The lowest BCUT2D eigenvalue weighted by molar-refractivity contribution is 0.226. The van der Waals surface area contributed by atoms with E-state index in [0.717, 1.165) is 19.6 Å². The van der Waals surface area contributed by atoms with Crippen LogP contribution < -0.4 is 0 Å². The molecule has 0 bridgehead atoms. The van der Waals surface area contributed by atoms with Crippen molar-refractivity contribution < 1.29 is 4.39 Å². The smallest absolute Gasteiger partial charge is 0.123 e. The number of hydrogen-bond acceptors (Lipinski definition) is 1. The molecule has 0 spiro atoms. The van der Waals surface area contributed by atoms with Crippen LogP contribution in [0.4, 0.5) is 4.39 Å². The lowest BCUT2D eigenvalue weighted by atomic mass is 10.1. The van der Waals surface area contributed by atoms with Gasteiger partial charge in [0, 0.05) is 11.4 Å².